The number of rotatable bonds is 5. The van der Waals surface area contributed by atoms with Gasteiger partial charge in [0.1, 0.15) is 5.41 Å². The van der Waals surface area contributed by atoms with E-state index < -0.39 is 11.4 Å². The third-order valence-electron chi connectivity index (χ3n) is 3.49. The Morgan fingerprint density at radius 3 is 2.40 bits per heavy atom. The van der Waals surface area contributed by atoms with Crippen molar-refractivity contribution in [3.8, 4) is 0 Å². The molecule has 0 aromatic carbocycles. The highest BCUT2D eigenvalue weighted by molar-refractivity contribution is 6.04. The number of carbonyl (C=O) groups is 2. The second-order valence-corrected chi connectivity index (χ2v) is 4.85. The van der Waals surface area contributed by atoms with Crippen LogP contribution in [-0.2, 0) is 9.59 Å². The summed E-state index contributed by atoms with van der Waals surface area (Å²) >= 11 is 0. The number of carbonyl (C=O) groups excluding carboxylic acids is 1. The Morgan fingerprint density at radius 2 is 2.00 bits per heavy atom. The summed E-state index contributed by atoms with van der Waals surface area (Å²) in [6.07, 6.45) is 4.58. The topological polar surface area (TPSA) is 57.6 Å². The average molecular weight is 211 g/mol. The molecule has 0 spiro atoms. The van der Waals surface area contributed by atoms with Crippen LogP contribution in [0.5, 0.6) is 0 Å². The van der Waals surface area contributed by atoms with Crippen LogP contribution < -0.4 is 0 Å². The Hall–Kier alpha value is -1.06. The van der Waals surface area contributed by atoms with Crippen molar-refractivity contribution in [1.82, 2.24) is 4.90 Å². The molecule has 1 amide bonds. The van der Waals surface area contributed by atoms with Crippen molar-refractivity contribution in [3.05, 3.63) is 0 Å². The lowest BCUT2D eigenvalue weighted by Gasteiger charge is -2.20. The van der Waals surface area contributed by atoms with Crippen molar-refractivity contribution >= 4 is 11.9 Å². The number of carboxylic acids is 1. The molecule has 0 atom stereocenters. The lowest BCUT2D eigenvalue weighted by atomic mass is 10.1. The summed E-state index contributed by atoms with van der Waals surface area (Å²) in [4.78, 5) is 24.4. The van der Waals surface area contributed by atoms with Crippen LogP contribution in [0, 0.1) is 11.3 Å². The zero-order valence-electron chi connectivity index (χ0n) is 9.03. The molecule has 2 aliphatic carbocycles. The molecule has 1 N–H and O–H groups in total. The highest BCUT2D eigenvalue weighted by Crippen LogP contribution is 2.47. The van der Waals surface area contributed by atoms with Crippen molar-refractivity contribution in [3.63, 3.8) is 0 Å². The second-order valence-electron chi connectivity index (χ2n) is 4.85. The SMILES string of the molecule is CN(CCC1CC1)C(=O)C1(C(=O)O)CC1. The first kappa shape index (κ1) is 10.5. The molecule has 4 heteroatoms. The van der Waals surface area contributed by atoms with Crippen molar-refractivity contribution in [2.75, 3.05) is 13.6 Å². The van der Waals surface area contributed by atoms with Gasteiger partial charge in [-0.1, -0.05) is 12.8 Å². The van der Waals surface area contributed by atoms with Gasteiger partial charge in [-0.2, -0.15) is 0 Å². The summed E-state index contributed by atoms with van der Waals surface area (Å²) in [5, 5.41) is 8.97. The molecular weight excluding hydrogens is 194 g/mol. The van der Waals surface area contributed by atoms with Crippen molar-refractivity contribution in [2.24, 2.45) is 11.3 Å². The summed E-state index contributed by atoms with van der Waals surface area (Å²) in [5.41, 5.74) is -1.06. The van der Waals surface area contributed by atoms with Gasteiger partial charge in [-0.15, -0.1) is 0 Å². The average Bonchev–Trinajstić information content (AvgIpc) is 3.02. The molecule has 4 nitrogen and oxygen atoms in total. The molecule has 2 rings (SSSR count). The van der Waals surface area contributed by atoms with Gasteiger partial charge >= 0.3 is 5.97 Å². The Kier molecular flexibility index (Phi) is 2.44. The van der Waals surface area contributed by atoms with Crippen molar-refractivity contribution < 1.29 is 14.7 Å². The molecular formula is C11H17NO3. The van der Waals surface area contributed by atoms with Crippen LogP contribution in [0.25, 0.3) is 0 Å². The number of aliphatic carboxylic acids is 1. The number of carboxylic acid groups (broad SMARTS) is 1. The predicted molar refractivity (Wildman–Crippen MR) is 54.3 cm³/mol. The van der Waals surface area contributed by atoms with E-state index in [1.165, 1.54) is 12.8 Å². The Morgan fingerprint density at radius 1 is 1.40 bits per heavy atom. The molecule has 15 heavy (non-hydrogen) atoms. The fraction of sp³-hybridized carbons (Fsp3) is 0.818. The third-order valence-corrected chi connectivity index (χ3v) is 3.49. The fourth-order valence-electron chi connectivity index (χ4n) is 1.89. The van der Waals surface area contributed by atoms with Crippen LogP contribution in [0.2, 0.25) is 0 Å². The second kappa shape index (κ2) is 3.51. The molecule has 2 saturated carbocycles. The van der Waals surface area contributed by atoms with Crippen molar-refractivity contribution in [1.29, 1.82) is 0 Å². The third kappa shape index (κ3) is 1.98. The van der Waals surface area contributed by atoms with Crippen LogP contribution in [0.4, 0.5) is 0 Å². The molecule has 0 aliphatic heterocycles. The largest absolute Gasteiger partial charge is 0.480 e. The van der Waals surface area contributed by atoms with Gasteiger partial charge in [0, 0.05) is 13.6 Å². The quantitative estimate of drug-likeness (QED) is 0.693. The van der Waals surface area contributed by atoms with E-state index >= 15 is 0 Å². The first-order chi connectivity index (χ1) is 7.06. The molecule has 0 radical (unpaired) electrons. The standard InChI is InChI=1S/C11H17NO3/c1-12(7-4-8-2-3-8)9(13)11(5-6-11)10(14)15/h8H,2-7H2,1H3,(H,14,15). The maximum absolute atomic E-state index is 11.8. The minimum absolute atomic E-state index is 0.198. The Bertz CT molecular complexity index is 292. The summed E-state index contributed by atoms with van der Waals surface area (Å²) < 4.78 is 0. The van der Waals surface area contributed by atoms with E-state index in [9.17, 15) is 9.59 Å². The molecule has 0 saturated heterocycles. The first-order valence-corrected chi connectivity index (χ1v) is 5.55. The number of amides is 1. The molecule has 0 unspecified atom stereocenters. The minimum Gasteiger partial charge on any atom is -0.480 e. The summed E-state index contributed by atoms with van der Waals surface area (Å²) in [5.74, 6) is -0.373. The maximum Gasteiger partial charge on any atom is 0.319 e. The smallest absolute Gasteiger partial charge is 0.319 e. The minimum atomic E-state index is -1.06. The molecule has 0 heterocycles. The van der Waals surface area contributed by atoms with E-state index in [-0.39, 0.29) is 5.91 Å². The van der Waals surface area contributed by atoms with Crippen LogP contribution >= 0.6 is 0 Å². The summed E-state index contributed by atoms with van der Waals surface area (Å²) in [6.45, 7) is 0.707. The van der Waals surface area contributed by atoms with Crippen LogP contribution in [0.3, 0.4) is 0 Å². The first-order valence-electron chi connectivity index (χ1n) is 5.55. The summed E-state index contributed by atoms with van der Waals surface area (Å²) in [7, 11) is 1.72. The highest BCUT2D eigenvalue weighted by atomic mass is 16.4. The highest BCUT2D eigenvalue weighted by Gasteiger charge is 2.58. The number of hydrogen-bond donors (Lipinski definition) is 1. The van der Waals surface area contributed by atoms with Crippen LogP contribution in [0.1, 0.15) is 32.1 Å². The van der Waals surface area contributed by atoms with Crippen LogP contribution in [-0.4, -0.2) is 35.5 Å². The van der Waals surface area contributed by atoms with E-state index in [0.717, 1.165) is 12.3 Å². The van der Waals surface area contributed by atoms with Crippen LogP contribution in [0.15, 0.2) is 0 Å². The normalized spacial score (nSPS) is 22.2. The number of hydrogen-bond acceptors (Lipinski definition) is 2. The van der Waals surface area contributed by atoms with Gasteiger partial charge in [0.25, 0.3) is 0 Å². The zero-order chi connectivity index (χ0) is 11.1. The molecule has 0 bridgehead atoms. The molecule has 2 fully saturated rings. The Balaban J connectivity index is 1.86. The van der Waals surface area contributed by atoms with E-state index in [4.69, 9.17) is 5.11 Å². The molecule has 84 valence electrons. The number of nitrogens with zero attached hydrogens (tertiary/aromatic N) is 1. The Labute approximate surface area is 89.3 Å². The van der Waals surface area contributed by atoms with Gasteiger partial charge in [0.2, 0.25) is 5.91 Å². The van der Waals surface area contributed by atoms with E-state index in [0.29, 0.717) is 19.4 Å². The lowest BCUT2D eigenvalue weighted by Crippen LogP contribution is -2.39. The molecule has 0 aromatic rings. The van der Waals surface area contributed by atoms with Gasteiger partial charge in [-0.25, -0.2) is 0 Å². The van der Waals surface area contributed by atoms with Gasteiger partial charge < -0.3 is 10.0 Å². The van der Waals surface area contributed by atoms with Gasteiger partial charge in [-0.3, -0.25) is 9.59 Å². The van der Waals surface area contributed by atoms with E-state index in [2.05, 4.69) is 0 Å². The molecule has 0 aromatic heterocycles. The van der Waals surface area contributed by atoms with Gasteiger partial charge in [-0.05, 0) is 25.2 Å². The maximum atomic E-state index is 11.8. The zero-order valence-corrected chi connectivity index (χ0v) is 9.03. The summed E-state index contributed by atoms with van der Waals surface area (Å²) in [6, 6.07) is 0. The lowest BCUT2D eigenvalue weighted by molar-refractivity contribution is -0.152. The van der Waals surface area contributed by atoms with E-state index in [1.54, 1.807) is 11.9 Å². The van der Waals surface area contributed by atoms with Crippen molar-refractivity contribution in [2.45, 2.75) is 32.1 Å². The predicted octanol–water partition coefficient (Wildman–Crippen LogP) is 1.11. The fourth-order valence-corrected chi connectivity index (χ4v) is 1.89. The molecule has 2 aliphatic rings. The van der Waals surface area contributed by atoms with Gasteiger partial charge in [0.15, 0.2) is 0 Å². The monoisotopic (exact) mass is 211 g/mol. The van der Waals surface area contributed by atoms with Gasteiger partial charge in [0.05, 0.1) is 0 Å². The van der Waals surface area contributed by atoms with E-state index in [1.807, 2.05) is 0 Å².